The Hall–Kier alpha value is -2.32. The van der Waals surface area contributed by atoms with Crippen LogP contribution < -0.4 is 0 Å². The van der Waals surface area contributed by atoms with E-state index in [4.69, 9.17) is 10.2 Å². The molecule has 0 aliphatic heterocycles. The highest BCUT2D eigenvalue weighted by atomic mass is 19.4. The van der Waals surface area contributed by atoms with E-state index in [-0.39, 0.29) is 0 Å². The summed E-state index contributed by atoms with van der Waals surface area (Å²) in [7, 11) is 0. The van der Waals surface area contributed by atoms with Crippen molar-refractivity contribution in [2.24, 2.45) is 11.8 Å². The Labute approximate surface area is 216 Å². The molecule has 0 saturated carbocycles. The van der Waals surface area contributed by atoms with Crippen LogP contribution >= 0.6 is 0 Å². The second-order valence-corrected chi connectivity index (χ2v) is 8.78. The molecule has 0 radical (unpaired) electrons. The number of alkyl halides is 18. The molecule has 0 heterocycles. The lowest BCUT2D eigenvalue weighted by Gasteiger charge is -2.34. The van der Waals surface area contributed by atoms with Crippen molar-refractivity contribution in [3.8, 4) is 0 Å². The van der Waals surface area contributed by atoms with Crippen LogP contribution in [0.1, 0.15) is 44.9 Å². The summed E-state index contributed by atoms with van der Waals surface area (Å²) in [5.41, 5.74) is 0. The minimum absolute atomic E-state index is 0.894. The molecule has 0 fully saturated rings. The maximum absolute atomic E-state index is 13.6. The van der Waals surface area contributed by atoms with Gasteiger partial charge < -0.3 is 10.2 Å². The first-order valence-electron chi connectivity index (χ1n) is 10.7. The molecule has 0 amide bonds. The molecule has 0 aliphatic carbocycles. The zero-order valence-electron chi connectivity index (χ0n) is 19.6. The van der Waals surface area contributed by atoms with Crippen LogP contribution in [0.5, 0.6) is 0 Å². The molecule has 2 unspecified atom stereocenters. The molecule has 0 aliphatic rings. The molecule has 2 N–H and O–H groups in total. The fraction of sp³-hybridized carbons (Fsp3) is 0.895. The minimum atomic E-state index is -7.26. The van der Waals surface area contributed by atoms with Gasteiger partial charge >= 0.3 is 59.8 Å². The van der Waals surface area contributed by atoms with E-state index in [1.54, 1.807) is 0 Å². The molecule has 244 valence electrons. The Kier molecular flexibility index (Phi) is 11.4. The van der Waals surface area contributed by atoms with Crippen molar-refractivity contribution >= 4 is 11.9 Å². The first-order valence-corrected chi connectivity index (χ1v) is 10.7. The van der Waals surface area contributed by atoms with E-state index in [1.165, 1.54) is 0 Å². The van der Waals surface area contributed by atoms with Crippen LogP contribution in [0.25, 0.3) is 0 Å². The van der Waals surface area contributed by atoms with Gasteiger partial charge in [0, 0.05) is 12.8 Å². The molecule has 0 aromatic carbocycles. The van der Waals surface area contributed by atoms with E-state index in [2.05, 4.69) is 0 Å². The van der Waals surface area contributed by atoms with Crippen molar-refractivity contribution in [2.45, 2.75) is 92.8 Å². The lowest BCUT2D eigenvalue weighted by molar-refractivity contribution is -0.396. The molecule has 2 atom stereocenters. The second-order valence-electron chi connectivity index (χ2n) is 8.78. The molecular formula is C19H18F18O4. The molecule has 0 spiro atoms. The molecule has 41 heavy (non-hydrogen) atoms. The highest BCUT2D eigenvalue weighted by molar-refractivity contribution is 5.70. The molecule has 4 nitrogen and oxygen atoms in total. The van der Waals surface area contributed by atoms with Crippen molar-refractivity contribution < 1.29 is 98.8 Å². The maximum Gasteiger partial charge on any atom is 0.460 e. The number of carboxylic acid groups (broad SMARTS) is 2. The first kappa shape index (κ1) is 38.7. The molecular weight excluding hydrogens is 634 g/mol. The predicted octanol–water partition coefficient (Wildman–Crippen LogP) is 8.06. The maximum atomic E-state index is 13.6. The van der Waals surface area contributed by atoms with Gasteiger partial charge in [0.05, 0.1) is 11.8 Å². The Morgan fingerprint density at radius 3 is 0.878 bits per heavy atom. The minimum Gasteiger partial charge on any atom is -0.481 e. The third-order valence-electron chi connectivity index (χ3n) is 5.84. The van der Waals surface area contributed by atoms with Crippen molar-refractivity contribution in [2.75, 3.05) is 0 Å². The normalized spacial score (nSPS) is 16.4. The SMILES string of the molecule is O=C(O)C(CCCC(CCC(F)(F)C(F)(F)C(F)(F)C(F)(F)F)C(=O)O)CCC(F)(F)C(F)(F)C(F)(F)C(F)(F)F. The van der Waals surface area contributed by atoms with Gasteiger partial charge in [-0.05, 0) is 25.7 Å². The Morgan fingerprint density at radius 1 is 0.439 bits per heavy atom. The van der Waals surface area contributed by atoms with Crippen molar-refractivity contribution in [3.63, 3.8) is 0 Å². The number of carboxylic acids is 2. The van der Waals surface area contributed by atoms with Gasteiger partial charge in [0.1, 0.15) is 0 Å². The lowest BCUT2D eigenvalue weighted by Crippen LogP contribution is -2.60. The number of hydrogen-bond acceptors (Lipinski definition) is 2. The predicted molar refractivity (Wildman–Crippen MR) is 96.4 cm³/mol. The van der Waals surface area contributed by atoms with E-state index >= 15 is 0 Å². The third-order valence-corrected chi connectivity index (χ3v) is 5.84. The van der Waals surface area contributed by atoms with Gasteiger partial charge in [-0.2, -0.15) is 79.0 Å². The molecule has 0 saturated heterocycles. The average Bonchev–Trinajstić information content (AvgIpc) is 2.75. The van der Waals surface area contributed by atoms with Crippen LogP contribution in [0.3, 0.4) is 0 Å². The summed E-state index contributed by atoms with van der Waals surface area (Å²) in [5, 5.41) is 17.9. The monoisotopic (exact) mass is 652 g/mol. The molecule has 0 bridgehead atoms. The quantitative estimate of drug-likeness (QED) is 0.166. The van der Waals surface area contributed by atoms with Gasteiger partial charge in [-0.25, -0.2) is 0 Å². The van der Waals surface area contributed by atoms with E-state index in [1.807, 2.05) is 0 Å². The van der Waals surface area contributed by atoms with Crippen LogP contribution in [0, 0.1) is 11.8 Å². The number of hydrogen-bond donors (Lipinski definition) is 2. The standard InChI is InChI=1S/C19H18F18O4/c20-12(21,14(24,25)16(28,29)18(32,33)34)6-4-8(10(38)39)2-1-3-9(11(40)41)5-7-13(22,23)15(26,27)17(30,31)19(35,36)37/h8-9H,1-7H2,(H,38,39)(H,40,41). The van der Waals surface area contributed by atoms with Gasteiger partial charge in [0.15, 0.2) is 0 Å². The number of aliphatic carboxylic acids is 2. The van der Waals surface area contributed by atoms with Crippen LogP contribution in [-0.4, -0.2) is 70.0 Å². The summed E-state index contributed by atoms with van der Waals surface area (Å²) >= 11 is 0. The van der Waals surface area contributed by atoms with Crippen LogP contribution in [0.2, 0.25) is 0 Å². The highest BCUT2D eigenvalue weighted by Gasteiger charge is 2.82. The van der Waals surface area contributed by atoms with E-state index in [9.17, 15) is 88.6 Å². The van der Waals surface area contributed by atoms with Gasteiger partial charge in [-0.1, -0.05) is 6.42 Å². The number of carbonyl (C=O) groups is 2. The molecule has 0 aromatic rings. The summed E-state index contributed by atoms with van der Waals surface area (Å²) < 4.78 is 232. The summed E-state index contributed by atoms with van der Waals surface area (Å²) in [5.74, 6) is -49.8. The largest absolute Gasteiger partial charge is 0.481 e. The molecule has 22 heteroatoms. The van der Waals surface area contributed by atoms with Crippen molar-refractivity contribution in [1.29, 1.82) is 0 Å². The number of rotatable bonds is 16. The zero-order chi connectivity index (χ0) is 33.3. The Morgan fingerprint density at radius 2 is 0.683 bits per heavy atom. The van der Waals surface area contributed by atoms with Gasteiger partial charge in [-0.3, -0.25) is 9.59 Å². The lowest BCUT2D eigenvalue weighted by atomic mass is 9.88. The fourth-order valence-electron chi connectivity index (χ4n) is 3.23. The van der Waals surface area contributed by atoms with Gasteiger partial charge in [-0.15, -0.1) is 0 Å². The zero-order valence-corrected chi connectivity index (χ0v) is 19.6. The van der Waals surface area contributed by atoms with Gasteiger partial charge in [0.25, 0.3) is 0 Å². The van der Waals surface area contributed by atoms with Gasteiger partial charge in [0.2, 0.25) is 0 Å². The van der Waals surface area contributed by atoms with E-state index in [0.717, 1.165) is 0 Å². The van der Waals surface area contributed by atoms with Crippen molar-refractivity contribution in [3.05, 3.63) is 0 Å². The topological polar surface area (TPSA) is 74.6 Å². The highest BCUT2D eigenvalue weighted by Crippen LogP contribution is 2.56. The second kappa shape index (κ2) is 12.1. The average molecular weight is 652 g/mol. The molecule has 0 rings (SSSR count). The van der Waals surface area contributed by atoms with Crippen LogP contribution in [-0.2, 0) is 9.59 Å². The smallest absolute Gasteiger partial charge is 0.460 e. The Balaban J connectivity index is 5.46. The van der Waals surface area contributed by atoms with E-state index in [0.29, 0.717) is 0 Å². The Bertz CT molecular complexity index is 837. The van der Waals surface area contributed by atoms with Crippen LogP contribution in [0.15, 0.2) is 0 Å². The summed E-state index contributed by atoms with van der Waals surface area (Å²) in [4.78, 5) is 22.3. The fourth-order valence-corrected chi connectivity index (χ4v) is 3.23. The first-order chi connectivity index (χ1) is 17.8. The summed E-state index contributed by atoms with van der Waals surface area (Å²) in [6.45, 7) is 0. The summed E-state index contributed by atoms with van der Waals surface area (Å²) in [6, 6.07) is 0. The number of halogens is 18. The third kappa shape index (κ3) is 7.95. The van der Waals surface area contributed by atoms with Crippen LogP contribution in [0.4, 0.5) is 79.0 Å². The van der Waals surface area contributed by atoms with Crippen molar-refractivity contribution in [1.82, 2.24) is 0 Å². The molecule has 0 aromatic heterocycles. The summed E-state index contributed by atoms with van der Waals surface area (Å²) in [6.07, 6.45) is -25.9. The van der Waals surface area contributed by atoms with E-state index < -0.39 is 117 Å².